The van der Waals surface area contributed by atoms with Gasteiger partial charge in [0.25, 0.3) is 0 Å². The molecule has 0 aliphatic heterocycles. The fourth-order valence-electron chi connectivity index (χ4n) is 3.55. The molecule has 0 aliphatic rings. The van der Waals surface area contributed by atoms with Gasteiger partial charge < -0.3 is 0 Å². The molecule has 26 heavy (non-hydrogen) atoms. The van der Waals surface area contributed by atoms with E-state index in [-0.39, 0.29) is 11.5 Å². The van der Waals surface area contributed by atoms with Crippen molar-refractivity contribution in [1.29, 1.82) is 0 Å². The summed E-state index contributed by atoms with van der Waals surface area (Å²) < 4.78 is 24.7. The van der Waals surface area contributed by atoms with Crippen molar-refractivity contribution in [2.75, 3.05) is 17.7 Å². The second-order valence-electron chi connectivity index (χ2n) is 6.49. The first kappa shape index (κ1) is 18.8. The molecule has 0 fully saturated rings. The van der Waals surface area contributed by atoms with Gasteiger partial charge in [0.05, 0.1) is 0 Å². The molecule has 0 bridgehead atoms. The van der Waals surface area contributed by atoms with Crippen molar-refractivity contribution in [1.82, 2.24) is 0 Å². The van der Waals surface area contributed by atoms with Gasteiger partial charge in [-0.2, -0.15) is 0 Å². The van der Waals surface area contributed by atoms with Crippen molar-refractivity contribution in [3.63, 3.8) is 0 Å². The van der Waals surface area contributed by atoms with Gasteiger partial charge in [-0.15, -0.1) is 0 Å². The third-order valence-electron chi connectivity index (χ3n) is 5.03. The molecular formula is C22H25O2PS. The van der Waals surface area contributed by atoms with Crippen LogP contribution in [-0.4, -0.2) is 26.1 Å². The van der Waals surface area contributed by atoms with Crippen molar-refractivity contribution < 1.29 is 8.42 Å². The summed E-state index contributed by atoms with van der Waals surface area (Å²) >= 11 is 0. The first-order valence-corrected chi connectivity index (χ1v) is 13.0. The first-order chi connectivity index (χ1) is 12.6. The SMILES string of the molecule is CCS(=O)(=O)CC[PH](c1ccccc1)(c1ccccc1)c1ccccc1. The molecule has 0 spiro atoms. The van der Waals surface area contributed by atoms with Crippen molar-refractivity contribution >= 4 is 33.0 Å². The van der Waals surface area contributed by atoms with E-state index in [4.69, 9.17) is 0 Å². The standard InChI is InChI=1S/C22H25O2PS/c1-2-26(23,24)19-18-25(20-12-6-3-7-13-20,21-14-8-4-9-15-21)22-16-10-5-11-17-22/h3-17,25H,2,18-19H2,1H3. The topological polar surface area (TPSA) is 34.1 Å². The second kappa shape index (κ2) is 8.16. The van der Waals surface area contributed by atoms with Gasteiger partial charge in [-0.3, -0.25) is 0 Å². The van der Waals surface area contributed by atoms with Gasteiger partial charge in [0.15, 0.2) is 0 Å². The second-order valence-corrected chi connectivity index (χ2v) is 13.0. The van der Waals surface area contributed by atoms with E-state index >= 15 is 0 Å². The molecule has 4 heteroatoms. The van der Waals surface area contributed by atoms with Crippen LogP contribution in [0.1, 0.15) is 6.92 Å². The van der Waals surface area contributed by atoms with E-state index in [0.717, 1.165) is 0 Å². The molecule has 0 saturated carbocycles. The molecule has 0 unspecified atom stereocenters. The Balaban J connectivity index is 2.24. The predicted octanol–water partition coefficient (Wildman–Crippen LogP) is 3.15. The summed E-state index contributed by atoms with van der Waals surface area (Å²) in [6.07, 6.45) is 0.654. The van der Waals surface area contributed by atoms with Gasteiger partial charge in [0.2, 0.25) is 0 Å². The van der Waals surface area contributed by atoms with Crippen LogP contribution < -0.4 is 15.9 Å². The summed E-state index contributed by atoms with van der Waals surface area (Å²) in [5.41, 5.74) is 0. The third-order valence-corrected chi connectivity index (χ3v) is 12.1. The Morgan fingerprint density at radius 1 is 0.654 bits per heavy atom. The van der Waals surface area contributed by atoms with Crippen LogP contribution in [0, 0.1) is 0 Å². The van der Waals surface area contributed by atoms with Crippen LogP contribution in [0.15, 0.2) is 91.0 Å². The Kier molecular flexibility index (Phi) is 5.90. The average molecular weight is 384 g/mol. The summed E-state index contributed by atoms with van der Waals surface area (Å²) in [5, 5.41) is 3.76. The summed E-state index contributed by atoms with van der Waals surface area (Å²) in [6, 6.07) is 31.3. The van der Waals surface area contributed by atoms with Crippen LogP contribution in [0.2, 0.25) is 0 Å². The number of hydrogen-bond donors (Lipinski definition) is 0. The minimum absolute atomic E-state index is 0.190. The van der Waals surface area contributed by atoms with Gasteiger partial charge in [-0.25, -0.2) is 0 Å². The Bertz CT molecular complexity index is 827. The summed E-state index contributed by atoms with van der Waals surface area (Å²) in [5.74, 6) is 0.407. The van der Waals surface area contributed by atoms with Crippen LogP contribution in [-0.2, 0) is 9.84 Å². The molecular weight excluding hydrogens is 359 g/mol. The van der Waals surface area contributed by atoms with Gasteiger partial charge in [0, 0.05) is 0 Å². The number of rotatable bonds is 7. The molecule has 3 rings (SSSR count). The van der Waals surface area contributed by atoms with Crippen LogP contribution in [0.4, 0.5) is 0 Å². The van der Waals surface area contributed by atoms with Crippen molar-refractivity contribution in [3.8, 4) is 0 Å². The molecule has 0 amide bonds. The number of sulfone groups is 1. The Morgan fingerprint density at radius 3 is 1.31 bits per heavy atom. The number of benzene rings is 3. The van der Waals surface area contributed by atoms with E-state index in [2.05, 4.69) is 72.8 Å². The first-order valence-electron chi connectivity index (χ1n) is 8.95. The van der Waals surface area contributed by atoms with Crippen molar-refractivity contribution in [2.45, 2.75) is 6.92 Å². The molecule has 2 nitrogen and oxygen atoms in total. The van der Waals surface area contributed by atoms with Crippen molar-refractivity contribution in [2.24, 2.45) is 0 Å². The van der Waals surface area contributed by atoms with E-state index in [0.29, 0.717) is 6.16 Å². The maximum absolute atomic E-state index is 12.4. The van der Waals surface area contributed by atoms with E-state index in [9.17, 15) is 8.42 Å². The predicted molar refractivity (Wildman–Crippen MR) is 116 cm³/mol. The monoisotopic (exact) mass is 384 g/mol. The zero-order valence-corrected chi connectivity index (χ0v) is 16.8. The van der Waals surface area contributed by atoms with Crippen LogP contribution >= 0.6 is 7.26 Å². The Hall–Kier alpha value is -1.96. The van der Waals surface area contributed by atoms with E-state index in [1.807, 2.05) is 18.2 Å². The van der Waals surface area contributed by atoms with Gasteiger partial charge in [-0.1, -0.05) is 0 Å². The molecule has 136 valence electrons. The summed E-state index contributed by atoms with van der Waals surface area (Å²) in [4.78, 5) is 0. The van der Waals surface area contributed by atoms with E-state index in [1.54, 1.807) is 6.92 Å². The molecule has 0 heterocycles. The van der Waals surface area contributed by atoms with Gasteiger partial charge in [0.1, 0.15) is 0 Å². The van der Waals surface area contributed by atoms with Gasteiger partial charge >= 0.3 is 157 Å². The normalized spacial score (nSPS) is 12.7. The summed E-state index contributed by atoms with van der Waals surface area (Å²) in [7, 11) is -5.47. The van der Waals surface area contributed by atoms with Crippen LogP contribution in [0.5, 0.6) is 0 Å². The van der Waals surface area contributed by atoms with Crippen LogP contribution in [0.25, 0.3) is 0 Å². The molecule has 0 saturated heterocycles. The quantitative estimate of drug-likeness (QED) is 0.587. The molecule has 0 aromatic heterocycles. The Morgan fingerprint density at radius 2 is 1.00 bits per heavy atom. The third kappa shape index (κ3) is 3.90. The Labute approximate surface area is 157 Å². The minimum atomic E-state index is -3.04. The fourth-order valence-corrected chi connectivity index (χ4v) is 10.5. The maximum atomic E-state index is 12.4. The molecule has 3 aromatic rings. The average Bonchev–Trinajstić information content (AvgIpc) is 2.71. The van der Waals surface area contributed by atoms with Crippen LogP contribution in [0.3, 0.4) is 0 Å². The number of hydrogen-bond acceptors (Lipinski definition) is 2. The zero-order valence-electron chi connectivity index (χ0n) is 15.0. The fraction of sp³-hybridized carbons (Fsp3) is 0.182. The van der Waals surface area contributed by atoms with E-state index in [1.165, 1.54) is 15.9 Å². The molecule has 0 aliphatic carbocycles. The van der Waals surface area contributed by atoms with Gasteiger partial charge in [-0.05, 0) is 0 Å². The molecule has 0 radical (unpaired) electrons. The zero-order chi connectivity index (χ0) is 18.5. The summed E-state index contributed by atoms with van der Waals surface area (Å²) in [6.45, 7) is 1.73. The molecule has 0 N–H and O–H groups in total. The van der Waals surface area contributed by atoms with Crippen molar-refractivity contribution in [3.05, 3.63) is 91.0 Å². The molecule has 0 atom stereocenters. The molecule has 3 aromatic carbocycles. The van der Waals surface area contributed by atoms with E-state index < -0.39 is 17.1 Å².